The molecule has 0 bridgehead atoms. The van der Waals surface area contributed by atoms with Gasteiger partial charge in [0.15, 0.2) is 0 Å². The normalized spacial score (nSPS) is 12.9. The molecule has 4 rings (SSSR count). The number of nitrogens with one attached hydrogen (secondary N) is 2. The number of rotatable bonds is 11. The van der Waals surface area contributed by atoms with Crippen LogP contribution in [0.5, 0.6) is 0 Å². The number of esters is 1. The number of anilines is 1. The molecule has 2 atom stereocenters. The third-order valence-corrected chi connectivity index (χ3v) is 8.05. The molecule has 0 saturated carbocycles. The molecule has 0 saturated heterocycles. The maximum absolute atomic E-state index is 13.4. The van der Waals surface area contributed by atoms with Gasteiger partial charge in [-0.15, -0.1) is 22.7 Å². The summed E-state index contributed by atoms with van der Waals surface area (Å²) in [6.07, 6.45) is 0.504. The molecule has 2 aromatic carbocycles. The van der Waals surface area contributed by atoms with Crippen LogP contribution >= 0.6 is 22.7 Å². The van der Waals surface area contributed by atoms with Crippen molar-refractivity contribution < 1.29 is 27.3 Å². The molecule has 0 radical (unpaired) electrons. The number of hydrogen-bond acceptors (Lipinski definition) is 8. The monoisotopic (exact) mass is 571 g/mol. The Bertz CT molecular complexity index is 1470. The van der Waals surface area contributed by atoms with E-state index in [4.69, 9.17) is 14.3 Å². The van der Waals surface area contributed by atoms with Gasteiger partial charge in [-0.1, -0.05) is 48.5 Å². The molecular formula is C26H25N3O6S3. The van der Waals surface area contributed by atoms with Crippen LogP contribution in [0.2, 0.25) is 0 Å². The summed E-state index contributed by atoms with van der Waals surface area (Å²) >= 11 is 3.02. The van der Waals surface area contributed by atoms with Crippen LogP contribution in [0, 0.1) is 5.92 Å². The predicted molar refractivity (Wildman–Crippen MR) is 147 cm³/mol. The molecule has 12 heteroatoms. The zero-order valence-corrected chi connectivity index (χ0v) is 22.7. The molecule has 3 N–H and O–H groups in total. The van der Waals surface area contributed by atoms with Gasteiger partial charge in [0.05, 0.1) is 29.4 Å². The summed E-state index contributed by atoms with van der Waals surface area (Å²) in [5.41, 5.74) is 2.43. The highest BCUT2D eigenvalue weighted by Crippen LogP contribution is 2.31. The fraction of sp³-hybridized carbons (Fsp3) is 0.192. The number of benzene rings is 2. The van der Waals surface area contributed by atoms with Crippen molar-refractivity contribution in [1.29, 1.82) is 0 Å². The van der Waals surface area contributed by atoms with Crippen LogP contribution < -0.4 is 10.0 Å². The molecule has 2 heterocycles. The molecule has 198 valence electrons. The van der Waals surface area contributed by atoms with Crippen molar-refractivity contribution >= 4 is 50.5 Å². The molecule has 2 aromatic heterocycles. The van der Waals surface area contributed by atoms with Gasteiger partial charge >= 0.3 is 16.3 Å². The Hall–Kier alpha value is -3.58. The van der Waals surface area contributed by atoms with E-state index in [0.29, 0.717) is 12.1 Å². The van der Waals surface area contributed by atoms with Gasteiger partial charge < -0.3 is 10.1 Å². The standard InChI is InChI=1S/C26H25N3O6S3/c1-35-26(31)20(14-17-6-3-2-4-7-17)24(30)27-21(22-16-37-25(28-22)23-8-5-13-36-23)15-18-9-11-19(12-10-18)29-38(32,33)34/h2-13,16,20-21,29H,14-15H2,1H3,(H,27,30)(H,32,33,34)/t20-,21?/m0/s1. The quantitative estimate of drug-likeness (QED) is 0.137. The van der Waals surface area contributed by atoms with Crippen LogP contribution in [0.15, 0.2) is 77.5 Å². The average molecular weight is 572 g/mol. The zero-order valence-electron chi connectivity index (χ0n) is 20.2. The van der Waals surface area contributed by atoms with Gasteiger partial charge in [-0.2, -0.15) is 8.42 Å². The van der Waals surface area contributed by atoms with Gasteiger partial charge in [0.2, 0.25) is 5.91 Å². The summed E-state index contributed by atoms with van der Waals surface area (Å²) in [7, 11) is -3.14. The first kappa shape index (κ1) is 27.5. The Kier molecular flexibility index (Phi) is 8.89. The number of carbonyl (C=O) groups excluding carboxylic acids is 2. The van der Waals surface area contributed by atoms with Crippen molar-refractivity contribution in [3.63, 3.8) is 0 Å². The average Bonchev–Trinajstić information content (AvgIpc) is 3.60. The summed E-state index contributed by atoms with van der Waals surface area (Å²) < 4.78 is 38.1. The first-order valence-corrected chi connectivity index (χ1v) is 14.7. The predicted octanol–water partition coefficient (Wildman–Crippen LogP) is 4.52. The van der Waals surface area contributed by atoms with E-state index in [1.807, 2.05) is 57.9 Å². The Balaban J connectivity index is 1.59. The number of carbonyl (C=O) groups is 2. The first-order chi connectivity index (χ1) is 18.2. The summed E-state index contributed by atoms with van der Waals surface area (Å²) in [5, 5.41) is 7.63. The molecule has 9 nitrogen and oxygen atoms in total. The van der Waals surface area contributed by atoms with E-state index in [-0.39, 0.29) is 12.1 Å². The van der Waals surface area contributed by atoms with E-state index >= 15 is 0 Å². The third kappa shape index (κ3) is 7.48. The molecule has 0 aliphatic rings. The van der Waals surface area contributed by atoms with Gasteiger partial charge in [0.1, 0.15) is 10.9 Å². The largest absolute Gasteiger partial charge is 0.468 e. The van der Waals surface area contributed by atoms with Crippen molar-refractivity contribution in [3.05, 3.63) is 94.3 Å². The number of thiazole rings is 1. The lowest BCUT2D eigenvalue weighted by Crippen LogP contribution is -2.40. The van der Waals surface area contributed by atoms with Gasteiger partial charge in [0, 0.05) is 5.38 Å². The van der Waals surface area contributed by atoms with E-state index in [1.54, 1.807) is 23.5 Å². The number of ether oxygens (including phenoxy) is 1. The van der Waals surface area contributed by atoms with Crippen molar-refractivity contribution in [1.82, 2.24) is 10.3 Å². The molecule has 1 amide bonds. The molecule has 0 fully saturated rings. The number of amides is 1. The van der Waals surface area contributed by atoms with Crippen molar-refractivity contribution in [2.75, 3.05) is 11.8 Å². The summed E-state index contributed by atoms with van der Waals surface area (Å²) in [4.78, 5) is 31.8. The van der Waals surface area contributed by atoms with E-state index in [1.165, 1.54) is 30.6 Å². The summed E-state index contributed by atoms with van der Waals surface area (Å²) in [6.45, 7) is 0. The number of nitrogens with zero attached hydrogens (tertiary/aromatic N) is 1. The molecular weight excluding hydrogens is 547 g/mol. The second-order valence-corrected chi connectivity index (χ2v) is 11.3. The van der Waals surface area contributed by atoms with Crippen LogP contribution in [-0.2, 0) is 37.5 Å². The number of methoxy groups -OCH3 is 1. The Morgan fingerprint density at radius 3 is 2.32 bits per heavy atom. The minimum Gasteiger partial charge on any atom is -0.468 e. The Morgan fingerprint density at radius 1 is 0.974 bits per heavy atom. The maximum atomic E-state index is 13.4. The zero-order chi connectivity index (χ0) is 27.1. The molecule has 0 spiro atoms. The maximum Gasteiger partial charge on any atom is 0.357 e. The second-order valence-electron chi connectivity index (χ2n) is 8.36. The second kappa shape index (κ2) is 12.3. The number of thiophene rings is 1. The van der Waals surface area contributed by atoms with E-state index in [2.05, 4.69) is 5.32 Å². The van der Waals surface area contributed by atoms with Crippen molar-refractivity contribution in [2.45, 2.75) is 18.9 Å². The summed E-state index contributed by atoms with van der Waals surface area (Å²) in [6, 6.07) is 18.9. The van der Waals surface area contributed by atoms with Gasteiger partial charge in [-0.25, -0.2) is 4.98 Å². The Morgan fingerprint density at radius 2 is 1.68 bits per heavy atom. The van der Waals surface area contributed by atoms with Crippen LogP contribution in [0.1, 0.15) is 22.9 Å². The van der Waals surface area contributed by atoms with Gasteiger partial charge in [-0.3, -0.25) is 18.9 Å². The smallest absolute Gasteiger partial charge is 0.357 e. The molecule has 4 aromatic rings. The number of aromatic nitrogens is 1. The highest BCUT2D eigenvalue weighted by Gasteiger charge is 2.30. The van der Waals surface area contributed by atoms with Crippen molar-refractivity contribution in [2.24, 2.45) is 5.92 Å². The SMILES string of the molecule is COC(=O)[C@@H](Cc1ccccc1)C(=O)NC(Cc1ccc(NS(=O)(=O)O)cc1)c1csc(-c2cccs2)n1. The highest BCUT2D eigenvalue weighted by molar-refractivity contribution is 7.87. The van der Waals surface area contributed by atoms with Gasteiger partial charge in [0.25, 0.3) is 0 Å². The van der Waals surface area contributed by atoms with Crippen molar-refractivity contribution in [3.8, 4) is 9.88 Å². The lowest BCUT2D eigenvalue weighted by atomic mass is 9.97. The molecule has 1 unspecified atom stereocenters. The van der Waals surface area contributed by atoms with E-state index in [9.17, 15) is 18.0 Å². The summed E-state index contributed by atoms with van der Waals surface area (Å²) in [5.74, 6) is -2.18. The molecule has 0 aliphatic heterocycles. The highest BCUT2D eigenvalue weighted by atomic mass is 32.2. The van der Waals surface area contributed by atoms with E-state index < -0.39 is 34.1 Å². The lowest BCUT2D eigenvalue weighted by Gasteiger charge is -2.21. The minimum absolute atomic E-state index is 0.180. The van der Waals surface area contributed by atoms with Crippen LogP contribution in [0.4, 0.5) is 5.69 Å². The van der Waals surface area contributed by atoms with E-state index in [0.717, 1.165) is 21.0 Å². The Labute approximate surface area is 228 Å². The third-order valence-electron chi connectivity index (χ3n) is 5.65. The lowest BCUT2D eigenvalue weighted by molar-refractivity contribution is -0.150. The van der Waals surface area contributed by atoms with Crippen LogP contribution in [0.3, 0.4) is 0 Å². The topological polar surface area (TPSA) is 135 Å². The van der Waals surface area contributed by atoms with Crippen LogP contribution in [0.25, 0.3) is 9.88 Å². The number of hydrogen-bond donors (Lipinski definition) is 3. The minimum atomic E-state index is -4.40. The fourth-order valence-electron chi connectivity index (χ4n) is 3.83. The van der Waals surface area contributed by atoms with Crippen LogP contribution in [-0.4, -0.2) is 36.9 Å². The molecule has 38 heavy (non-hydrogen) atoms. The molecule has 0 aliphatic carbocycles. The first-order valence-electron chi connectivity index (χ1n) is 11.5. The fourth-order valence-corrected chi connectivity index (χ4v) is 5.95. The van der Waals surface area contributed by atoms with Gasteiger partial charge in [-0.05, 0) is 47.5 Å².